The quantitative estimate of drug-likeness (QED) is 0.798. The van der Waals surface area contributed by atoms with Crippen LogP contribution in [0.5, 0.6) is 0 Å². The number of piperazine rings is 1. The minimum absolute atomic E-state index is 0. The molecule has 1 fully saturated rings. The summed E-state index contributed by atoms with van der Waals surface area (Å²) < 4.78 is 13.0. The van der Waals surface area contributed by atoms with Crippen LogP contribution < -0.4 is 10.2 Å². The van der Waals surface area contributed by atoms with Crippen LogP contribution in [0.3, 0.4) is 0 Å². The summed E-state index contributed by atoms with van der Waals surface area (Å²) in [5.41, 5.74) is 1.04. The Kier molecular flexibility index (Phi) is 11.0. The van der Waals surface area contributed by atoms with E-state index in [2.05, 4.69) is 15.1 Å². The van der Waals surface area contributed by atoms with Crippen LogP contribution in [0.2, 0.25) is 0 Å². The summed E-state index contributed by atoms with van der Waals surface area (Å²) >= 11 is 0. The van der Waals surface area contributed by atoms with Gasteiger partial charge in [0.1, 0.15) is 5.82 Å². The monoisotopic (exact) mass is 394 g/mol. The van der Waals surface area contributed by atoms with E-state index in [0.29, 0.717) is 0 Å². The summed E-state index contributed by atoms with van der Waals surface area (Å²) in [6, 6.07) is 6.50. The van der Waals surface area contributed by atoms with E-state index < -0.39 is 0 Å². The van der Waals surface area contributed by atoms with Gasteiger partial charge in [0.15, 0.2) is 0 Å². The number of halogens is 3. The molecule has 1 heterocycles. The molecular weight excluding hydrogens is 366 g/mol. The van der Waals surface area contributed by atoms with Gasteiger partial charge in [-0.1, -0.05) is 0 Å². The number of likely N-dealkylation sites (N-methyl/N-ethyl adjacent to an activating group) is 2. The van der Waals surface area contributed by atoms with Crippen molar-refractivity contribution in [3.05, 3.63) is 30.1 Å². The Labute approximate surface area is 162 Å². The van der Waals surface area contributed by atoms with E-state index in [9.17, 15) is 9.18 Å². The normalized spacial score (nSPS) is 15.8. The Bertz CT molecular complexity index is 510. The molecule has 1 aliphatic rings. The second-order valence-electron chi connectivity index (χ2n) is 6.04. The topological polar surface area (TPSA) is 38.8 Å². The van der Waals surface area contributed by atoms with Crippen molar-refractivity contribution in [2.24, 2.45) is 0 Å². The summed E-state index contributed by atoms with van der Waals surface area (Å²) in [5.74, 6) is -0.0494. The third-order valence-electron chi connectivity index (χ3n) is 4.48. The number of nitrogens with zero attached hydrogens (tertiary/aromatic N) is 3. The van der Waals surface area contributed by atoms with Crippen molar-refractivity contribution in [3.8, 4) is 0 Å². The minimum atomic E-state index is -0.212. The fraction of sp³-hybridized carbons (Fsp3) is 0.588. The molecule has 0 aliphatic carbocycles. The lowest BCUT2D eigenvalue weighted by Crippen LogP contribution is -2.54. The van der Waals surface area contributed by atoms with Crippen LogP contribution >= 0.6 is 24.8 Å². The van der Waals surface area contributed by atoms with E-state index in [0.717, 1.165) is 45.0 Å². The molecule has 1 unspecified atom stereocenters. The summed E-state index contributed by atoms with van der Waals surface area (Å²) in [4.78, 5) is 18.7. The number of carbonyl (C=O) groups is 1. The van der Waals surface area contributed by atoms with Crippen LogP contribution in [-0.4, -0.2) is 75.1 Å². The Balaban J connectivity index is 0.00000288. The van der Waals surface area contributed by atoms with Crippen molar-refractivity contribution in [1.29, 1.82) is 0 Å². The molecule has 5 nitrogen and oxygen atoms in total. The zero-order chi connectivity index (χ0) is 16.8. The lowest BCUT2D eigenvalue weighted by molar-refractivity contribution is -0.135. The molecule has 1 aromatic rings. The molecule has 25 heavy (non-hydrogen) atoms. The van der Waals surface area contributed by atoms with E-state index in [1.807, 2.05) is 33.2 Å². The lowest BCUT2D eigenvalue weighted by atomic mass is 10.2. The minimum Gasteiger partial charge on any atom is -0.369 e. The van der Waals surface area contributed by atoms with Gasteiger partial charge in [0.2, 0.25) is 5.91 Å². The fourth-order valence-corrected chi connectivity index (χ4v) is 2.88. The highest BCUT2D eigenvalue weighted by Gasteiger charge is 2.27. The molecule has 1 N–H and O–H groups in total. The number of nitrogens with one attached hydrogen (secondary N) is 1. The summed E-state index contributed by atoms with van der Waals surface area (Å²) in [6.07, 6.45) is 0. The number of amides is 1. The van der Waals surface area contributed by atoms with Crippen LogP contribution in [0.4, 0.5) is 10.1 Å². The van der Waals surface area contributed by atoms with Crippen molar-refractivity contribution < 1.29 is 9.18 Å². The average Bonchev–Trinajstić information content (AvgIpc) is 2.59. The molecule has 0 aromatic heterocycles. The first-order valence-corrected chi connectivity index (χ1v) is 8.17. The first kappa shape index (κ1) is 23.9. The Hall–Kier alpha value is -1.08. The SMILES string of the molecule is CNCCN(C)C(=O)C(C)N1CCN(c2ccc(F)cc2)CC1.Cl.Cl. The van der Waals surface area contributed by atoms with Gasteiger partial charge in [-0.2, -0.15) is 0 Å². The van der Waals surface area contributed by atoms with Crippen molar-refractivity contribution in [3.63, 3.8) is 0 Å². The van der Waals surface area contributed by atoms with Crippen molar-refractivity contribution in [1.82, 2.24) is 15.1 Å². The predicted octanol–water partition coefficient (Wildman–Crippen LogP) is 1.86. The molecular formula is C17H29Cl2FN4O. The lowest BCUT2D eigenvalue weighted by Gasteiger charge is -2.39. The van der Waals surface area contributed by atoms with Gasteiger partial charge in [-0.15, -0.1) is 24.8 Å². The van der Waals surface area contributed by atoms with Gasteiger partial charge < -0.3 is 15.1 Å². The fourth-order valence-electron chi connectivity index (χ4n) is 2.88. The van der Waals surface area contributed by atoms with Crippen LogP contribution in [0.1, 0.15) is 6.92 Å². The van der Waals surface area contributed by atoms with Crippen LogP contribution in [0, 0.1) is 5.82 Å². The first-order valence-electron chi connectivity index (χ1n) is 8.17. The Morgan fingerprint density at radius 2 is 1.76 bits per heavy atom. The number of carbonyl (C=O) groups excluding carboxylic acids is 1. The van der Waals surface area contributed by atoms with Gasteiger partial charge in [-0.05, 0) is 38.2 Å². The maximum atomic E-state index is 13.0. The standard InChI is InChI=1S/C17H27FN4O.2ClH/c1-14(17(23)20(3)9-8-19-2)21-10-12-22(13-11-21)16-6-4-15(18)5-7-16;;/h4-7,14,19H,8-13H2,1-3H3;2*1H. The molecule has 0 spiro atoms. The van der Waals surface area contributed by atoms with E-state index in [-0.39, 0.29) is 42.6 Å². The highest BCUT2D eigenvalue weighted by atomic mass is 35.5. The molecule has 0 radical (unpaired) electrons. The van der Waals surface area contributed by atoms with E-state index >= 15 is 0 Å². The third-order valence-corrected chi connectivity index (χ3v) is 4.48. The molecule has 1 saturated heterocycles. The Morgan fingerprint density at radius 3 is 2.28 bits per heavy atom. The van der Waals surface area contributed by atoms with Crippen molar-refractivity contribution >= 4 is 36.4 Å². The Morgan fingerprint density at radius 1 is 1.20 bits per heavy atom. The number of rotatable bonds is 6. The van der Waals surface area contributed by atoms with Crippen LogP contribution in [0.25, 0.3) is 0 Å². The second kappa shape index (κ2) is 11.5. The van der Waals surface area contributed by atoms with Gasteiger partial charge in [-0.25, -0.2) is 4.39 Å². The predicted molar refractivity (Wildman–Crippen MR) is 106 cm³/mol. The number of anilines is 1. The summed E-state index contributed by atoms with van der Waals surface area (Å²) in [5, 5.41) is 3.06. The van der Waals surface area contributed by atoms with E-state index in [4.69, 9.17) is 0 Å². The molecule has 1 amide bonds. The molecule has 1 aliphatic heterocycles. The van der Waals surface area contributed by atoms with E-state index in [1.165, 1.54) is 12.1 Å². The number of hydrogen-bond donors (Lipinski definition) is 1. The zero-order valence-corrected chi connectivity index (χ0v) is 16.7. The maximum Gasteiger partial charge on any atom is 0.239 e. The van der Waals surface area contributed by atoms with Gasteiger partial charge in [0, 0.05) is 52.0 Å². The van der Waals surface area contributed by atoms with Gasteiger partial charge in [-0.3, -0.25) is 9.69 Å². The molecule has 0 bridgehead atoms. The zero-order valence-electron chi connectivity index (χ0n) is 15.1. The molecule has 1 aromatic carbocycles. The smallest absolute Gasteiger partial charge is 0.239 e. The third kappa shape index (κ3) is 6.62. The van der Waals surface area contributed by atoms with Gasteiger partial charge in [0.25, 0.3) is 0 Å². The van der Waals surface area contributed by atoms with Gasteiger partial charge >= 0.3 is 0 Å². The molecule has 2 rings (SSSR count). The first-order chi connectivity index (χ1) is 11.0. The largest absolute Gasteiger partial charge is 0.369 e. The van der Waals surface area contributed by atoms with Crippen LogP contribution in [0.15, 0.2) is 24.3 Å². The number of benzene rings is 1. The average molecular weight is 395 g/mol. The molecule has 144 valence electrons. The highest BCUT2D eigenvalue weighted by molar-refractivity contribution is 5.85. The van der Waals surface area contributed by atoms with Crippen LogP contribution in [-0.2, 0) is 4.79 Å². The van der Waals surface area contributed by atoms with Crippen molar-refractivity contribution in [2.45, 2.75) is 13.0 Å². The highest BCUT2D eigenvalue weighted by Crippen LogP contribution is 2.18. The van der Waals surface area contributed by atoms with Gasteiger partial charge in [0.05, 0.1) is 6.04 Å². The maximum absolute atomic E-state index is 13.0. The summed E-state index contributed by atoms with van der Waals surface area (Å²) in [7, 11) is 3.74. The molecule has 0 saturated carbocycles. The second-order valence-corrected chi connectivity index (χ2v) is 6.04. The molecule has 8 heteroatoms. The van der Waals surface area contributed by atoms with E-state index in [1.54, 1.807) is 4.90 Å². The molecule has 1 atom stereocenters. The number of hydrogen-bond acceptors (Lipinski definition) is 4. The van der Waals surface area contributed by atoms with Crippen molar-refractivity contribution in [2.75, 3.05) is 58.3 Å². The summed E-state index contributed by atoms with van der Waals surface area (Å²) in [6.45, 7) is 6.87.